The van der Waals surface area contributed by atoms with E-state index in [1.165, 1.54) is 16.7 Å². The molecule has 0 aliphatic heterocycles. The fourth-order valence-corrected chi connectivity index (χ4v) is 2.44. The van der Waals surface area contributed by atoms with E-state index in [9.17, 15) is 0 Å². The van der Waals surface area contributed by atoms with Crippen LogP contribution >= 0.6 is 11.6 Å². The minimum atomic E-state index is 0.0763. The predicted molar refractivity (Wildman–Crippen MR) is 89.1 cm³/mol. The number of nitrogens with two attached hydrogens (primary N) is 1. The average Bonchev–Trinajstić information content (AvgIpc) is 2.41. The van der Waals surface area contributed by atoms with Gasteiger partial charge in [0.15, 0.2) is 0 Å². The number of ether oxygens (including phenoxy) is 1. The lowest BCUT2D eigenvalue weighted by molar-refractivity contribution is 0.302. The van der Waals surface area contributed by atoms with E-state index in [0.717, 1.165) is 17.7 Å². The fourth-order valence-electron chi connectivity index (χ4n) is 2.25. The third kappa shape index (κ3) is 4.48. The van der Waals surface area contributed by atoms with E-state index < -0.39 is 0 Å². The van der Waals surface area contributed by atoms with Crippen LogP contribution in [-0.2, 0) is 13.0 Å². The molecule has 1 atom stereocenters. The third-order valence-electron chi connectivity index (χ3n) is 3.53. The Kier molecular flexibility index (Phi) is 5.27. The molecule has 0 saturated carbocycles. The van der Waals surface area contributed by atoms with Gasteiger partial charge in [0.05, 0.1) is 0 Å². The Bertz CT molecular complexity index is 623. The van der Waals surface area contributed by atoms with Gasteiger partial charge < -0.3 is 10.5 Å². The van der Waals surface area contributed by atoms with Gasteiger partial charge in [-0.05, 0) is 67.6 Å². The number of hydrogen-bond donors (Lipinski definition) is 1. The molecule has 0 amide bonds. The van der Waals surface area contributed by atoms with Crippen molar-refractivity contribution in [3.8, 4) is 5.75 Å². The molecule has 0 aromatic heterocycles. The van der Waals surface area contributed by atoms with E-state index in [0.29, 0.717) is 11.6 Å². The van der Waals surface area contributed by atoms with Crippen LogP contribution in [0.25, 0.3) is 0 Å². The average molecular weight is 304 g/mol. The first kappa shape index (κ1) is 15.9. The van der Waals surface area contributed by atoms with E-state index in [2.05, 4.69) is 32.0 Å². The third-order valence-corrected chi connectivity index (χ3v) is 3.77. The largest absolute Gasteiger partial charge is 0.489 e. The molecule has 2 aromatic rings. The normalized spacial score (nSPS) is 12.2. The van der Waals surface area contributed by atoms with Gasteiger partial charge in [0.1, 0.15) is 12.4 Å². The van der Waals surface area contributed by atoms with Crippen LogP contribution in [0.5, 0.6) is 5.75 Å². The molecule has 0 heterocycles. The molecule has 0 spiro atoms. The molecule has 0 aliphatic carbocycles. The minimum Gasteiger partial charge on any atom is -0.489 e. The second-order valence-corrected chi connectivity index (χ2v) is 6.08. The van der Waals surface area contributed by atoms with Crippen LogP contribution in [0.2, 0.25) is 5.02 Å². The molecule has 2 N–H and O–H groups in total. The lowest BCUT2D eigenvalue weighted by Gasteiger charge is -2.14. The molecule has 21 heavy (non-hydrogen) atoms. The maximum absolute atomic E-state index is 6.06. The van der Waals surface area contributed by atoms with E-state index in [1.54, 1.807) is 0 Å². The van der Waals surface area contributed by atoms with Crippen molar-refractivity contribution in [2.24, 2.45) is 5.73 Å². The van der Waals surface area contributed by atoms with Gasteiger partial charge in [-0.15, -0.1) is 0 Å². The molecular formula is C18H22ClNO. The molecule has 2 rings (SSSR count). The summed E-state index contributed by atoms with van der Waals surface area (Å²) in [4.78, 5) is 0. The summed E-state index contributed by atoms with van der Waals surface area (Å²) in [5.74, 6) is 0.856. The van der Waals surface area contributed by atoms with Crippen molar-refractivity contribution in [2.45, 2.75) is 39.8 Å². The highest BCUT2D eigenvalue weighted by Crippen LogP contribution is 2.25. The molecule has 0 bridgehead atoms. The van der Waals surface area contributed by atoms with Crippen molar-refractivity contribution in [1.29, 1.82) is 0 Å². The fraction of sp³-hybridized carbons (Fsp3) is 0.333. The summed E-state index contributed by atoms with van der Waals surface area (Å²) in [6.07, 6.45) is 0.753. The Hall–Kier alpha value is -1.51. The quantitative estimate of drug-likeness (QED) is 0.887. The first-order chi connectivity index (χ1) is 9.95. The van der Waals surface area contributed by atoms with Crippen LogP contribution < -0.4 is 10.5 Å². The second-order valence-electron chi connectivity index (χ2n) is 5.64. The molecule has 3 heteroatoms. The molecule has 0 fully saturated rings. The van der Waals surface area contributed by atoms with Crippen LogP contribution in [-0.4, -0.2) is 6.04 Å². The Morgan fingerprint density at radius 1 is 1.10 bits per heavy atom. The summed E-state index contributed by atoms with van der Waals surface area (Å²) in [6, 6.07) is 12.2. The molecule has 1 unspecified atom stereocenters. The van der Waals surface area contributed by atoms with Crippen LogP contribution in [0.3, 0.4) is 0 Å². The van der Waals surface area contributed by atoms with Gasteiger partial charge in [0.2, 0.25) is 0 Å². The van der Waals surface area contributed by atoms with Gasteiger partial charge >= 0.3 is 0 Å². The first-order valence-corrected chi connectivity index (χ1v) is 7.56. The highest BCUT2D eigenvalue weighted by Gasteiger charge is 2.08. The number of halogens is 1. The minimum absolute atomic E-state index is 0.0763. The molecule has 0 aliphatic rings. The number of benzene rings is 2. The monoisotopic (exact) mass is 303 g/mol. The Labute approximate surface area is 131 Å². The zero-order valence-corrected chi connectivity index (χ0v) is 13.6. The van der Waals surface area contributed by atoms with Crippen molar-refractivity contribution in [1.82, 2.24) is 0 Å². The lowest BCUT2D eigenvalue weighted by Crippen LogP contribution is -2.18. The Balaban J connectivity index is 2.13. The van der Waals surface area contributed by atoms with Gasteiger partial charge in [0.25, 0.3) is 0 Å². The van der Waals surface area contributed by atoms with E-state index in [1.807, 2.05) is 25.1 Å². The predicted octanol–water partition coefficient (Wildman–Crippen LogP) is 4.43. The van der Waals surface area contributed by atoms with Crippen molar-refractivity contribution >= 4 is 11.6 Å². The highest BCUT2D eigenvalue weighted by molar-refractivity contribution is 6.30. The van der Waals surface area contributed by atoms with Crippen molar-refractivity contribution < 1.29 is 4.74 Å². The SMILES string of the molecule is Cc1ccc(COc2ccc(Cl)cc2CC(C)N)cc1C. The van der Waals surface area contributed by atoms with Crippen molar-refractivity contribution in [3.05, 3.63) is 63.7 Å². The summed E-state index contributed by atoms with van der Waals surface area (Å²) in [5, 5.41) is 0.712. The molecule has 0 saturated heterocycles. The summed E-state index contributed by atoms with van der Waals surface area (Å²) in [6.45, 7) is 6.76. The lowest BCUT2D eigenvalue weighted by atomic mass is 10.1. The summed E-state index contributed by atoms with van der Waals surface area (Å²) >= 11 is 6.06. The molecular weight excluding hydrogens is 282 g/mol. The van der Waals surface area contributed by atoms with Crippen LogP contribution in [0.15, 0.2) is 36.4 Å². The van der Waals surface area contributed by atoms with Crippen LogP contribution in [0, 0.1) is 13.8 Å². The van der Waals surface area contributed by atoms with Gasteiger partial charge in [-0.3, -0.25) is 0 Å². The maximum atomic E-state index is 6.06. The molecule has 0 radical (unpaired) electrons. The van der Waals surface area contributed by atoms with E-state index in [-0.39, 0.29) is 6.04 Å². The molecule has 112 valence electrons. The van der Waals surface area contributed by atoms with Crippen LogP contribution in [0.4, 0.5) is 0 Å². The highest BCUT2D eigenvalue weighted by atomic mass is 35.5. The number of rotatable bonds is 5. The molecule has 2 nitrogen and oxygen atoms in total. The topological polar surface area (TPSA) is 35.2 Å². The summed E-state index contributed by atoms with van der Waals surface area (Å²) < 4.78 is 5.96. The summed E-state index contributed by atoms with van der Waals surface area (Å²) in [7, 11) is 0. The first-order valence-electron chi connectivity index (χ1n) is 7.18. The van der Waals surface area contributed by atoms with Gasteiger partial charge in [-0.2, -0.15) is 0 Å². The van der Waals surface area contributed by atoms with Crippen molar-refractivity contribution in [3.63, 3.8) is 0 Å². The van der Waals surface area contributed by atoms with Crippen molar-refractivity contribution in [2.75, 3.05) is 0 Å². The van der Waals surface area contributed by atoms with Gasteiger partial charge in [-0.25, -0.2) is 0 Å². The van der Waals surface area contributed by atoms with Crippen LogP contribution in [0.1, 0.15) is 29.2 Å². The zero-order chi connectivity index (χ0) is 15.4. The number of aryl methyl sites for hydroxylation is 2. The zero-order valence-electron chi connectivity index (χ0n) is 12.8. The van der Waals surface area contributed by atoms with Gasteiger partial charge in [0, 0.05) is 11.1 Å². The van der Waals surface area contributed by atoms with E-state index >= 15 is 0 Å². The second kappa shape index (κ2) is 6.97. The van der Waals surface area contributed by atoms with E-state index in [4.69, 9.17) is 22.1 Å². The number of hydrogen-bond acceptors (Lipinski definition) is 2. The standard InChI is InChI=1S/C18H22ClNO/c1-12-4-5-15(8-13(12)2)11-21-18-7-6-17(19)10-16(18)9-14(3)20/h4-8,10,14H,9,11,20H2,1-3H3. The maximum Gasteiger partial charge on any atom is 0.123 e. The molecule has 2 aromatic carbocycles. The Morgan fingerprint density at radius 2 is 1.86 bits per heavy atom. The Morgan fingerprint density at radius 3 is 2.52 bits per heavy atom. The smallest absolute Gasteiger partial charge is 0.123 e. The van der Waals surface area contributed by atoms with Gasteiger partial charge in [-0.1, -0.05) is 29.8 Å². The summed E-state index contributed by atoms with van der Waals surface area (Å²) in [5.41, 5.74) is 10.7.